The van der Waals surface area contributed by atoms with Crippen LogP contribution in [0.5, 0.6) is 0 Å². The molecule has 0 radical (unpaired) electrons. The van der Waals surface area contributed by atoms with Crippen molar-refractivity contribution in [3.63, 3.8) is 0 Å². The molecule has 0 spiro atoms. The van der Waals surface area contributed by atoms with Gasteiger partial charge in [-0.2, -0.15) is 0 Å². The number of imidazole rings is 2. The molecule has 4 aliphatic rings. The van der Waals surface area contributed by atoms with Crippen LogP contribution in [0.15, 0.2) is 109 Å². The number of carbonyl (C=O) groups excluding carboxylic acids is 4. The van der Waals surface area contributed by atoms with Crippen LogP contribution in [0.1, 0.15) is 96.7 Å². The largest absolute Gasteiger partial charge is 0.391 e. The molecule has 6 amide bonds. The average molecular weight is 915 g/mol. The standard InChI is InChI=1S/C52H54N10O6/c63-40-21-25-59(31-40)51(67)57-45(34-9-3-1-4-10-34)49(65)61-23-7-13-43(61)47-53-29-39(55-47)20-16-33-15-17-37-28-38(19-18-36(37)27-33)42-30-54-48(56-42)44-14-8-24-62(44)50(66)46(35-11-5-2-6-12-35)58-52(68)60-26-22-41(64)32-60/h1-6,9-12,15,17-19,27-30,40-41,43-46,63-64H,7-8,13-14,21-26,31-32H2,(H,53,55)(H,54,56)(H,57,67)(H,58,68)/t40-,41-,43+,44+,45-,46-/m1/s1. The highest BCUT2D eigenvalue weighted by atomic mass is 16.3. The Bertz CT molecular complexity index is 2870. The summed E-state index contributed by atoms with van der Waals surface area (Å²) in [6.07, 6.45) is 6.41. The van der Waals surface area contributed by atoms with Crippen LogP contribution in [-0.4, -0.2) is 125 Å². The van der Waals surface area contributed by atoms with Crippen LogP contribution in [0.4, 0.5) is 9.59 Å². The molecule has 0 bridgehead atoms. The molecule has 0 saturated carbocycles. The molecule has 10 rings (SSSR count). The van der Waals surface area contributed by atoms with Crippen LogP contribution in [-0.2, 0) is 9.59 Å². The van der Waals surface area contributed by atoms with E-state index in [1.54, 1.807) is 27.1 Å². The third-order valence-corrected chi connectivity index (χ3v) is 13.6. The SMILES string of the molecule is O=C(N[C@@H](C(=O)N1CCC[C@H]1c1ncc(C#Cc2ccc3cc(-c4cnc([C@@H]5CCCN5C(=O)[C@H](NC(=O)N5CC[C@@H](O)C5)c5ccccc5)[nH]4)ccc3c2)[nH]1)c1ccccc1)N1CC[C@@H](O)C1. The number of benzene rings is 4. The molecular formula is C52H54N10O6. The molecule has 4 saturated heterocycles. The van der Waals surface area contributed by atoms with Crippen LogP contribution in [0.25, 0.3) is 22.0 Å². The number of aliphatic hydroxyl groups is 2. The summed E-state index contributed by atoms with van der Waals surface area (Å²) >= 11 is 0. The molecule has 4 fully saturated rings. The van der Waals surface area contributed by atoms with Gasteiger partial charge in [0.2, 0.25) is 11.8 Å². The number of nitrogens with zero attached hydrogens (tertiary/aromatic N) is 6. The van der Waals surface area contributed by atoms with E-state index in [0.29, 0.717) is 73.9 Å². The summed E-state index contributed by atoms with van der Waals surface area (Å²) in [5.41, 5.74) is 4.59. The summed E-state index contributed by atoms with van der Waals surface area (Å²) in [7, 11) is 0. The first-order valence-electron chi connectivity index (χ1n) is 23.5. The van der Waals surface area contributed by atoms with Crippen molar-refractivity contribution in [2.45, 2.75) is 74.9 Å². The van der Waals surface area contributed by atoms with Gasteiger partial charge in [-0.25, -0.2) is 19.6 Å². The van der Waals surface area contributed by atoms with Crippen molar-refractivity contribution < 1.29 is 29.4 Å². The van der Waals surface area contributed by atoms with Crippen molar-refractivity contribution in [3.8, 4) is 23.1 Å². The number of aliphatic hydroxyl groups excluding tert-OH is 2. The molecule has 16 heteroatoms. The molecular weight excluding hydrogens is 861 g/mol. The zero-order valence-electron chi connectivity index (χ0n) is 37.6. The number of β-amino-alcohol motifs (C(OH)–C–C–N with tert-alkyl or cyclic N) is 2. The minimum Gasteiger partial charge on any atom is -0.391 e. The topological polar surface area (TPSA) is 203 Å². The molecule has 4 aromatic carbocycles. The summed E-state index contributed by atoms with van der Waals surface area (Å²) in [5, 5.41) is 28.0. The lowest BCUT2D eigenvalue weighted by atomic mass is 10.0. The monoisotopic (exact) mass is 914 g/mol. The van der Waals surface area contributed by atoms with E-state index in [1.165, 1.54) is 0 Å². The summed E-state index contributed by atoms with van der Waals surface area (Å²) < 4.78 is 0. The molecule has 6 atom stereocenters. The number of hydrogen-bond acceptors (Lipinski definition) is 8. The van der Waals surface area contributed by atoms with E-state index in [-0.39, 0.29) is 49.0 Å². The van der Waals surface area contributed by atoms with E-state index in [1.807, 2.05) is 95.9 Å². The quantitative estimate of drug-likeness (QED) is 0.0990. The number of urea groups is 2. The molecule has 68 heavy (non-hydrogen) atoms. The van der Waals surface area contributed by atoms with Gasteiger partial charge >= 0.3 is 12.1 Å². The Morgan fingerprint density at radius 3 is 1.69 bits per heavy atom. The lowest BCUT2D eigenvalue weighted by molar-refractivity contribution is -0.135. The van der Waals surface area contributed by atoms with E-state index in [4.69, 9.17) is 4.98 Å². The fourth-order valence-electron chi connectivity index (χ4n) is 9.96. The van der Waals surface area contributed by atoms with Gasteiger partial charge in [-0.3, -0.25) is 9.59 Å². The summed E-state index contributed by atoms with van der Waals surface area (Å²) in [6.45, 7) is 2.40. The molecule has 0 unspecified atom stereocenters. The van der Waals surface area contributed by atoms with Gasteiger partial charge in [0, 0.05) is 50.4 Å². The fourth-order valence-corrected chi connectivity index (χ4v) is 9.96. The zero-order chi connectivity index (χ0) is 46.7. The van der Waals surface area contributed by atoms with Crippen LogP contribution in [0.3, 0.4) is 0 Å². The van der Waals surface area contributed by atoms with E-state index in [2.05, 4.69) is 43.5 Å². The number of rotatable bonds is 9. The molecule has 348 valence electrons. The van der Waals surface area contributed by atoms with Gasteiger partial charge in [-0.05, 0) is 84.5 Å². The van der Waals surface area contributed by atoms with Crippen molar-refractivity contribution in [3.05, 3.63) is 143 Å². The second-order valence-electron chi connectivity index (χ2n) is 18.1. The molecule has 16 nitrogen and oxygen atoms in total. The number of nitrogens with one attached hydrogen (secondary N) is 4. The lowest BCUT2D eigenvalue weighted by Crippen LogP contribution is -2.47. The average Bonchev–Trinajstić information content (AvgIpc) is 4.23. The predicted octanol–water partition coefficient (Wildman–Crippen LogP) is 5.71. The van der Waals surface area contributed by atoms with E-state index >= 15 is 0 Å². The molecule has 6 aromatic rings. The number of fused-ring (bicyclic) bond motifs is 1. The van der Waals surface area contributed by atoms with Crippen molar-refractivity contribution in [2.75, 3.05) is 39.3 Å². The van der Waals surface area contributed by atoms with Crippen molar-refractivity contribution >= 4 is 34.6 Å². The highest BCUT2D eigenvalue weighted by Gasteiger charge is 2.40. The molecule has 6 heterocycles. The second kappa shape index (κ2) is 19.4. The highest BCUT2D eigenvalue weighted by Crippen LogP contribution is 2.36. The zero-order valence-corrected chi connectivity index (χ0v) is 37.6. The Kier molecular flexibility index (Phi) is 12.7. The van der Waals surface area contributed by atoms with Crippen molar-refractivity contribution in [2.24, 2.45) is 0 Å². The smallest absolute Gasteiger partial charge is 0.318 e. The van der Waals surface area contributed by atoms with E-state index in [9.17, 15) is 29.4 Å². The Morgan fingerprint density at radius 1 is 0.603 bits per heavy atom. The predicted molar refractivity (Wildman–Crippen MR) is 253 cm³/mol. The van der Waals surface area contributed by atoms with Gasteiger partial charge in [-0.1, -0.05) is 84.8 Å². The van der Waals surface area contributed by atoms with Crippen LogP contribution in [0, 0.1) is 11.8 Å². The fraction of sp³-hybridized carbons (Fsp3) is 0.346. The molecule has 4 aliphatic heterocycles. The highest BCUT2D eigenvalue weighted by molar-refractivity contribution is 5.90. The third kappa shape index (κ3) is 9.40. The normalized spacial score (nSPS) is 21.1. The molecule has 6 N–H and O–H groups in total. The number of H-pyrrole nitrogens is 2. The second-order valence-corrected chi connectivity index (χ2v) is 18.1. The number of carbonyl (C=O) groups is 4. The minimum absolute atomic E-state index is 0.202. The number of aromatic amines is 2. The van der Waals surface area contributed by atoms with Crippen molar-refractivity contribution in [1.82, 2.24) is 50.2 Å². The maximum atomic E-state index is 14.3. The van der Waals surface area contributed by atoms with Crippen LogP contribution < -0.4 is 10.6 Å². The van der Waals surface area contributed by atoms with Gasteiger partial charge in [0.1, 0.15) is 29.4 Å². The van der Waals surface area contributed by atoms with Gasteiger partial charge < -0.3 is 50.4 Å². The van der Waals surface area contributed by atoms with Gasteiger partial charge in [0.25, 0.3) is 0 Å². The maximum absolute atomic E-state index is 14.3. The summed E-state index contributed by atoms with van der Waals surface area (Å²) in [5.74, 6) is 7.39. The summed E-state index contributed by atoms with van der Waals surface area (Å²) in [6, 6.07) is 27.6. The number of likely N-dealkylation sites (tertiary alicyclic amines) is 4. The first-order valence-corrected chi connectivity index (χ1v) is 23.5. The van der Waals surface area contributed by atoms with Gasteiger partial charge in [0.05, 0.1) is 42.4 Å². The molecule has 2 aromatic heterocycles. The molecule has 0 aliphatic carbocycles. The van der Waals surface area contributed by atoms with Crippen LogP contribution in [0.2, 0.25) is 0 Å². The van der Waals surface area contributed by atoms with Gasteiger partial charge in [-0.15, -0.1) is 0 Å². The Morgan fingerprint density at radius 2 is 1.13 bits per heavy atom. The first kappa shape index (κ1) is 44.4. The minimum atomic E-state index is -0.892. The van der Waals surface area contributed by atoms with Gasteiger partial charge in [0.15, 0.2) is 0 Å². The summed E-state index contributed by atoms with van der Waals surface area (Å²) in [4.78, 5) is 78.0. The lowest BCUT2D eigenvalue weighted by Gasteiger charge is -2.30. The van der Waals surface area contributed by atoms with E-state index < -0.39 is 24.3 Å². The van der Waals surface area contributed by atoms with Crippen molar-refractivity contribution in [1.29, 1.82) is 0 Å². The number of hydrogen-bond donors (Lipinski definition) is 6. The Balaban J connectivity index is 0.804. The number of aromatic nitrogens is 4. The van der Waals surface area contributed by atoms with Crippen LogP contribution >= 0.6 is 0 Å². The third-order valence-electron chi connectivity index (χ3n) is 13.6. The Labute approximate surface area is 393 Å². The maximum Gasteiger partial charge on any atom is 0.318 e. The Hall–Kier alpha value is -7.48. The number of amides is 6. The van der Waals surface area contributed by atoms with E-state index in [0.717, 1.165) is 46.9 Å². The first-order chi connectivity index (χ1) is 33.1.